The number of hydrogen-bond acceptors (Lipinski definition) is 4. The number of hydrogen-bond donors (Lipinski definition) is 1. The van der Waals surface area contributed by atoms with Gasteiger partial charge >= 0.3 is 5.97 Å². The fraction of sp³-hybridized carbons (Fsp3) is 0.895. The maximum Gasteiger partial charge on any atom is 0.308 e. The van der Waals surface area contributed by atoms with E-state index >= 15 is 0 Å². The van der Waals surface area contributed by atoms with E-state index in [0.29, 0.717) is 0 Å². The Balaban J connectivity index is 0.00000338. The van der Waals surface area contributed by atoms with E-state index in [1.54, 1.807) is 0 Å². The van der Waals surface area contributed by atoms with Crippen molar-refractivity contribution in [3.8, 4) is 0 Å². The van der Waals surface area contributed by atoms with Gasteiger partial charge in [-0.3, -0.25) is 9.79 Å². The predicted octanol–water partition coefficient (Wildman–Crippen LogP) is 2.58. The Hall–Kier alpha value is -0.570. The van der Waals surface area contributed by atoms with Crippen LogP contribution in [-0.2, 0) is 9.53 Å². The molecule has 0 amide bonds. The molecule has 2 rings (SSSR count). The molecular weight excluding hydrogens is 443 g/mol. The highest BCUT2D eigenvalue weighted by molar-refractivity contribution is 14.0. The molecule has 2 heterocycles. The quantitative estimate of drug-likeness (QED) is 0.208. The maximum atomic E-state index is 11.6. The second-order valence-electron chi connectivity index (χ2n) is 7.51. The number of guanidine groups is 1. The molecule has 0 radical (unpaired) electrons. The van der Waals surface area contributed by atoms with Crippen LogP contribution in [0, 0.1) is 11.8 Å². The van der Waals surface area contributed by atoms with Crippen LogP contribution in [0.1, 0.15) is 45.4 Å². The van der Waals surface area contributed by atoms with Crippen molar-refractivity contribution in [2.24, 2.45) is 16.8 Å². The van der Waals surface area contributed by atoms with Crippen LogP contribution in [-0.4, -0.2) is 75.2 Å². The number of carbonyl (C=O) groups excluding carboxylic acids is 1. The molecule has 2 saturated heterocycles. The lowest BCUT2D eigenvalue weighted by atomic mass is 9.97. The molecule has 0 aromatic carbocycles. The van der Waals surface area contributed by atoms with Gasteiger partial charge in [-0.25, -0.2) is 0 Å². The van der Waals surface area contributed by atoms with Crippen molar-refractivity contribution in [3.05, 3.63) is 0 Å². The Kier molecular flexibility index (Phi) is 11.5. The van der Waals surface area contributed by atoms with Crippen LogP contribution in [0.25, 0.3) is 0 Å². The summed E-state index contributed by atoms with van der Waals surface area (Å²) in [7, 11) is 3.31. The van der Waals surface area contributed by atoms with E-state index in [-0.39, 0.29) is 35.9 Å². The van der Waals surface area contributed by atoms with Crippen LogP contribution in [0.15, 0.2) is 4.99 Å². The standard InChI is InChI=1S/C19H36N4O2.HI/c1-16-7-6-12-22(15-16)11-5-4-10-21-19(20-2)23-13-8-17(9-14-23)18(24)25-3;/h16-17H,4-15H2,1-3H3,(H,20,21);1H. The molecule has 7 heteroatoms. The number of rotatable bonds is 6. The summed E-state index contributed by atoms with van der Waals surface area (Å²) in [5, 5.41) is 3.48. The average molecular weight is 480 g/mol. The number of esters is 1. The molecule has 2 aliphatic heterocycles. The van der Waals surface area contributed by atoms with Gasteiger partial charge < -0.3 is 19.9 Å². The van der Waals surface area contributed by atoms with E-state index in [4.69, 9.17) is 4.74 Å². The number of piperidine rings is 2. The van der Waals surface area contributed by atoms with Crippen molar-refractivity contribution >= 4 is 35.9 Å². The molecule has 2 aliphatic rings. The summed E-state index contributed by atoms with van der Waals surface area (Å²) in [6, 6.07) is 0. The summed E-state index contributed by atoms with van der Waals surface area (Å²) < 4.78 is 4.85. The van der Waals surface area contributed by atoms with Crippen LogP contribution in [0.3, 0.4) is 0 Å². The van der Waals surface area contributed by atoms with Crippen molar-refractivity contribution in [1.82, 2.24) is 15.1 Å². The van der Waals surface area contributed by atoms with Crippen LogP contribution in [0.4, 0.5) is 0 Å². The molecule has 1 N–H and O–H groups in total. The topological polar surface area (TPSA) is 57.2 Å². The fourth-order valence-electron chi connectivity index (χ4n) is 3.98. The summed E-state index contributed by atoms with van der Waals surface area (Å²) >= 11 is 0. The number of likely N-dealkylation sites (tertiary alicyclic amines) is 2. The Bertz CT molecular complexity index is 439. The molecule has 0 saturated carbocycles. The lowest BCUT2D eigenvalue weighted by Crippen LogP contribution is -2.47. The molecule has 1 atom stereocenters. The van der Waals surface area contributed by atoms with E-state index in [0.717, 1.165) is 44.4 Å². The van der Waals surface area contributed by atoms with E-state index < -0.39 is 0 Å². The van der Waals surface area contributed by atoms with Crippen molar-refractivity contribution < 1.29 is 9.53 Å². The Labute approximate surface area is 176 Å². The van der Waals surface area contributed by atoms with Crippen LogP contribution in [0.5, 0.6) is 0 Å². The highest BCUT2D eigenvalue weighted by atomic mass is 127. The van der Waals surface area contributed by atoms with Gasteiger partial charge in [-0.1, -0.05) is 6.92 Å². The Morgan fingerprint density at radius 3 is 2.54 bits per heavy atom. The lowest BCUT2D eigenvalue weighted by molar-refractivity contribution is -0.146. The first-order valence-electron chi connectivity index (χ1n) is 9.89. The third kappa shape index (κ3) is 7.58. The monoisotopic (exact) mass is 480 g/mol. The number of aliphatic imine (C=N–C) groups is 1. The van der Waals surface area contributed by atoms with E-state index in [1.165, 1.54) is 52.4 Å². The van der Waals surface area contributed by atoms with Crippen LogP contribution in [0.2, 0.25) is 0 Å². The van der Waals surface area contributed by atoms with Crippen molar-refractivity contribution in [3.63, 3.8) is 0 Å². The summed E-state index contributed by atoms with van der Waals surface area (Å²) in [4.78, 5) is 20.9. The van der Waals surface area contributed by atoms with Gasteiger partial charge in [0, 0.05) is 33.2 Å². The van der Waals surface area contributed by atoms with Gasteiger partial charge in [0.15, 0.2) is 5.96 Å². The summed E-state index contributed by atoms with van der Waals surface area (Å²) in [6.45, 7) is 8.82. The van der Waals surface area contributed by atoms with Gasteiger partial charge in [-0.05, 0) is 57.5 Å². The van der Waals surface area contributed by atoms with Crippen LogP contribution < -0.4 is 5.32 Å². The van der Waals surface area contributed by atoms with E-state index in [9.17, 15) is 4.79 Å². The minimum atomic E-state index is -0.0744. The molecular formula is C19H37IN4O2. The smallest absolute Gasteiger partial charge is 0.308 e. The van der Waals surface area contributed by atoms with E-state index in [2.05, 4.69) is 27.0 Å². The summed E-state index contributed by atoms with van der Waals surface area (Å²) in [5.41, 5.74) is 0. The lowest BCUT2D eigenvalue weighted by Gasteiger charge is -2.33. The Morgan fingerprint density at radius 1 is 1.19 bits per heavy atom. The van der Waals surface area contributed by atoms with Crippen molar-refractivity contribution in [2.75, 3.05) is 53.4 Å². The fourth-order valence-corrected chi connectivity index (χ4v) is 3.98. The zero-order valence-corrected chi connectivity index (χ0v) is 19.0. The predicted molar refractivity (Wildman–Crippen MR) is 117 cm³/mol. The molecule has 0 aliphatic carbocycles. The molecule has 0 aromatic heterocycles. The average Bonchev–Trinajstić information content (AvgIpc) is 2.64. The van der Waals surface area contributed by atoms with Gasteiger partial charge in [0.25, 0.3) is 0 Å². The summed E-state index contributed by atoms with van der Waals surface area (Å²) in [6.07, 6.45) is 6.85. The van der Waals surface area contributed by atoms with Gasteiger partial charge in [-0.15, -0.1) is 24.0 Å². The first kappa shape index (κ1) is 23.5. The first-order valence-corrected chi connectivity index (χ1v) is 9.89. The van der Waals surface area contributed by atoms with Gasteiger partial charge in [0.1, 0.15) is 0 Å². The zero-order chi connectivity index (χ0) is 18.1. The molecule has 26 heavy (non-hydrogen) atoms. The zero-order valence-electron chi connectivity index (χ0n) is 16.7. The molecule has 1 unspecified atom stereocenters. The first-order chi connectivity index (χ1) is 12.1. The number of carbonyl (C=O) groups is 1. The number of nitrogens with zero attached hydrogens (tertiary/aromatic N) is 3. The number of nitrogens with one attached hydrogen (secondary N) is 1. The minimum absolute atomic E-state index is 0. The van der Waals surface area contributed by atoms with Crippen molar-refractivity contribution in [2.45, 2.75) is 45.4 Å². The number of halogens is 1. The molecule has 0 aromatic rings. The van der Waals surface area contributed by atoms with Gasteiger partial charge in [0.2, 0.25) is 0 Å². The third-order valence-electron chi connectivity index (χ3n) is 5.47. The highest BCUT2D eigenvalue weighted by Crippen LogP contribution is 2.18. The largest absolute Gasteiger partial charge is 0.469 e. The molecule has 0 spiro atoms. The molecule has 152 valence electrons. The molecule has 0 bridgehead atoms. The number of unbranched alkanes of at least 4 members (excludes halogenated alkanes) is 1. The highest BCUT2D eigenvalue weighted by Gasteiger charge is 2.26. The van der Waals surface area contributed by atoms with Gasteiger partial charge in [0.05, 0.1) is 13.0 Å². The summed E-state index contributed by atoms with van der Waals surface area (Å²) in [5.74, 6) is 1.80. The third-order valence-corrected chi connectivity index (χ3v) is 5.47. The molecule has 2 fully saturated rings. The minimum Gasteiger partial charge on any atom is -0.469 e. The second-order valence-corrected chi connectivity index (χ2v) is 7.51. The Morgan fingerprint density at radius 2 is 1.92 bits per heavy atom. The SMILES string of the molecule is CN=C(NCCCCN1CCCC(C)C1)N1CCC(C(=O)OC)CC1.I. The van der Waals surface area contributed by atoms with Gasteiger partial charge in [-0.2, -0.15) is 0 Å². The maximum absolute atomic E-state index is 11.6. The number of ether oxygens (including phenoxy) is 1. The molecule has 6 nitrogen and oxygen atoms in total. The van der Waals surface area contributed by atoms with Crippen molar-refractivity contribution in [1.29, 1.82) is 0 Å². The van der Waals surface area contributed by atoms with Crippen LogP contribution >= 0.6 is 24.0 Å². The second kappa shape index (κ2) is 12.8. The van der Waals surface area contributed by atoms with E-state index in [1.807, 2.05) is 7.05 Å². The number of methoxy groups -OCH3 is 1. The normalized spacial score (nSPS) is 22.7.